The van der Waals surface area contributed by atoms with Crippen LogP contribution >= 0.6 is 11.3 Å². The van der Waals surface area contributed by atoms with Crippen molar-refractivity contribution in [3.63, 3.8) is 0 Å². The van der Waals surface area contributed by atoms with Crippen LogP contribution in [0.2, 0.25) is 0 Å². The Morgan fingerprint density at radius 3 is 3.06 bits per heavy atom. The average Bonchev–Trinajstić information content (AvgIpc) is 2.85. The summed E-state index contributed by atoms with van der Waals surface area (Å²) >= 11 is 1.87. The lowest BCUT2D eigenvalue weighted by Crippen LogP contribution is -2.19. The van der Waals surface area contributed by atoms with Gasteiger partial charge in [-0.15, -0.1) is 11.3 Å². The van der Waals surface area contributed by atoms with Crippen LogP contribution in [0.3, 0.4) is 0 Å². The van der Waals surface area contributed by atoms with Gasteiger partial charge in [-0.05, 0) is 38.6 Å². The molecule has 1 aromatic heterocycles. The third kappa shape index (κ3) is 3.55. The van der Waals surface area contributed by atoms with Crippen LogP contribution in [-0.4, -0.2) is 11.5 Å². The van der Waals surface area contributed by atoms with Gasteiger partial charge in [0.15, 0.2) is 0 Å². The molecule has 3 atom stereocenters. The molecular weight excluding hydrogens is 240 g/mol. The summed E-state index contributed by atoms with van der Waals surface area (Å²) in [5.74, 6) is 1.61. The van der Waals surface area contributed by atoms with Gasteiger partial charge in [0.05, 0.1) is 10.7 Å². The van der Waals surface area contributed by atoms with Gasteiger partial charge in [-0.2, -0.15) is 0 Å². The van der Waals surface area contributed by atoms with E-state index in [0.29, 0.717) is 6.04 Å². The molecule has 0 amide bonds. The van der Waals surface area contributed by atoms with Crippen LogP contribution in [0.15, 0.2) is 5.38 Å². The molecular formula is C15H26N2S. The van der Waals surface area contributed by atoms with Crippen LogP contribution in [0.1, 0.15) is 75.5 Å². The van der Waals surface area contributed by atoms with E-state index < -0.39 is 0 Å². The van der Waals surface area contributed by atoms with E-state index in [0.717, 1.165) is 18.4 Å². The maximum Gasteiger partial charge on any atom is 0.0960 e. The SMILES string of the molecule is CCCNC(C)c1csc(C2CCCC(C)C2)n1. The topological polar surface area (TPSA) is 24.9 Å². The highest BCUT2D eigenvalue weighted by molar-refractivity contribution is 7.09. The molecule has 1 aliphatic carbocycles. The van der Waals surface area contributed by atoms with E-state index in [4.69, 9.17) is 4.98 Å². The highest BCUT2D eigenvalue weighted by atomic mass is 32.1. The maximum absolute atomic E-state index is 4.88. The van der Waals surface area contributed by atoms with Crippen LogP contribution < -0.4 is 5.32 Å². The van der Waals surface area contributed by atoms with E-state index in [-0.39, 0.29) is 0 Å². The fourth-order valence-corrected chi connectivity index (χ4v) is 3.87. The molecule has 1 heterocycles. The monoisotopic (exact) mass is 266 g/mol. The molecule has 2 nitrogen and oxygen atoms in total. The molecule has 3 unspecified atom stereocenters. The molecule has 1 N–H and O–H groups in total. The summed E-state index contributed by atoms with van der Waals surface area (Å²) in [6.45, 7) is 7.88. The molecule has 0 bridgehead atoms. The predicted octanol–water partition coefficient (Wildman–Crippen LogP) is 4.50. The molecule has 1 aliphatic rings. The first-order chi connectivity index (χ1) is 8.70. The highest BCUT2D eigenvalue weighted by Gasteiger charge is 2.23. The minimum atomic E-state index is 0.399. The number of aromatic nitrogens is 1. The second kappa shape index (κ2) is 6.67. The van der Waals surface area contributed by atoms with Gasteiger partial charge in [-0.3, -0.25) is 0 Å². The van der Waals surface area contributed by atoms with Crippen LogP contribution in [0.4, 0.5) is 0 Å². The maximum atomic E-state index is 4.88. The molecule has 0 saturated heterocycles. The molecule has 0 aromatic carbocycles. The summed E-state index contributed by atoms with van der Waals surface area (Å²) < 4.78 is 0. The summed E-state index contributed by atoms with van der Waals surface area (Å²) in [4.78, 5) is 4.88. The van der Waals surface area contributed by atoms with Crippen LogP contribution in [0.25, 0.3) is 0 Å². The van der Waals surface area contributed by atoms with Crippen molar-refractivity contribution in [3.05, 3.63) is 16.1 Å². The lowest BCUT2D eigenvalue weighted by atomic mass is 9.83. The molecule has 102 valence electrons. The Balaban J connectivity index is 1.96. The zero-order valence-electron chi connectivity index (χ0n) is 11.9. The summed E-state index contributed by atoms with van der Waals surface area (Å²) in [7, 11) is 0. The Labute approximate surface area is 115 Å². The fourth-order valence-electron chi connectivity index (χ4n) is 2.81. The number of thiazole rings is 1. The average molecular weight is 266 g/mol. The smallest absolute Gasteiger partial charge is 0.0960 e. The number of nitrogens with zero attached hydrogens (tertiary/aromatic N) is 1. The normalized spacial score (nSPS) is 26.2. The molecule has 2 rings (SSSR count). The van der Waals surface area contributed by atoms with Crippen LogP contribution in [0.5, 0.6) is 0 Å². The molecule has 1 fully saturated rings. The van der Waals surface area contributed by atoms with Crippen LogP contribution in [0, 0.1) is 5.92 Å². The molecule has 0 radical (unpaired) electrons. The molecule has 18 heavy (non-hydrogen) atoms. The van der Waals surface area contributed by atoms with Crippen molar-refractivity contribution in [1.29, 1.82) is 0 Å². The second-order valence-electron chi connectivity index (χ2n) is 5.76. The Morgan fingerprint density at radius 1 is 1.50 bits per heavy atom. The van der Waals surface area contributed by atoms with E-state index in [9.17, 15) is 0 Å². The highest BCUT2D eigenvalue weighted by Crippen LogP contribution is 2.37. The Bertz CT molecular complexity index is 361. The first-order valence-electron chi connectivity index (χ1n) is 7.39. The Morgan fingerprint density at radius 2 is 2.33 bits per heavy atom. The van der Waals surface area contributed by atoms with Gasteiger partial charge in [-0.25, -0.2) is 4.98 Å². The van der Waals surface area contributed by atoms with Gasteiger partial charge in [0.25, 0.3) is 0 Å². The van der Waals surface area contributed by atoms with E-state index in [2.05, 4.69) is 31.5 Å². The number of nitrogens with one attached hydrogen (secondary N) is 1. The predicted molar refractivity (Wildman–Crippen MR) is 79.2 cm³/mol. The molecule has 1 aromatic rings. The van der Waals surface area contributed by atoms with E-state index in [1.54, 1.807) is 0 Å². The van der Waals surface area contributed by atoms with Crippen molar-refractivity contribution in [3.8, 4) is 0 Å². The van der Waals surface area contributed by atoms with E-state index in [1.807, 2.05) is 11.3 Å². The third-order valence-electron chi connectivity index (χ3n) is 3.97. The molecule has 1 saturated carbocycles. The van der Waals surface area contributed by atoms with Crippen molar-refractivity contribution in [2.75, 3.05) is 6.54 Å². The minimum Gasteiger partial charge on any atom is -0.309 e. The van der Waals surface area contributed by atoms with Crippen molar-refractivity contribution >= 4 is 11.3 Å². The second-order valence-corrected chi connectivity index (χ2v) is 6.64. The zero-order chi connectivity index (χ0) is 13.0. The zero-order valence-corrected chi connectivity index (χ0v) is 12.7. The largest absolute Gasteiger partial charge is 0.309 e. The molecule has 3 heteroatoms. The van der Waals surface area contributed by atoms with Gasteiger partial charge >= 0.3 is 0 Å². The number of hydrogen-bond acceptors (Lipinski definition) is 3. The number of rotatable bonds is 5. The Hall–Kier alpha value is -0.410. The third-order valence-corrected chi connectivity index (χ3v) is 4.99. The quantitative estimate of drug-likeness (QED) is 0.849. The summed E-state index contributed by atoms with van der Waals surface area (Å²) in [6.07, 6.45) is 6.65. The van der Waals surface area contributed by atoms with Gasteiger partial charge < -0.3 is 5.32 Å². The van der Waals surface area contributed by atoms with Crippen molar-refractivity contribution in [2.24, 2.45) is 5.92 Å². The standard InChI is InChI=1S/C15H26N2S/c1-4-8-16-12(3)14-10-18-15(17-14)13-7-5-6-11(2)9-13/h10-13,16H,4-9H2,1-3H3. The van der Waals surface area contributed by atoms with E-state index >= 15 is 0 Å². The lowest BCUT2D eigenvalue weighted by Gasteiger charge is -2.25. The van der Waals surface area contributed by atoms with Crippen molar-refractivity contribution in [2.45, 2.75) is 64.8 Å². The van der Waals surface area contributed by atoms with Gasteiger partial charge in [0, 0.05) is 17.3 Å². The Kier molecular flexibility index (Phi) is 5.19. The first kappa shape index (κ1) is 14.0. The van der Waals surface area contributed by atoms with Gasteiger partial charge in [-0.1, -0.05) is 26.7 Å². The summed E-state index contributed by atoms with van der Waals surface area (Å²) in [5.41, 5.74) is 1.24. The minimum absolute atomic E-state index is 0.399. The molecule has 0 spiro atoms. The summed E-state index contributed by atoms with van der Waals surface area (Å²) in [6, 6.07) is 0.399. The van der Waals surface area contributed by atoms with Gasteiger partial charge in [0.1, 0.15) is 0 Å². The number of hydrogen-bond donors (Lipinski definition) is 1. The molecule has 0 aliphatic heterocycles. The lowest BCUT2D eigenvalue weighted by molar-refractivity contribution is 0.343. The van der Waals surface area contributed by atoms with E-state index in [1.165, 1.54) is 42.8 Å². The fraction of sp³-hybridized carbons (Fsp3) is 0.800. The van der Waals surface area contributed by atoms with Crippen molar-refractivity contribution in [1.82, 2.24) is 10.3 Å². The van der Waals surface area contributed by atoms with Gasteiger partial charge in [0.2, 0.25) is 0 Å². The van der Waals surface area contributed by atoms with Crippen molar-refractivity contribution < 1.29 is 0 Å². The summed E-state index contributed by atoms with van der Waals surface area (Å²) in [5, 5.41) is 7.15. The van der Waals surface area contributed by atoms with Crippen LogP contribution in [-0.2, 0) is 0 Å². The first-order valence-corrected chi connectivity index (χ1v) is 8.27.